The van der Waals surface area contributed by atoms with Crippen LogP contribution in [0.2, 0.25) is 0 Å². The summed E-state index contributed by atoms with van der Waals surface area (Å²) in [5.74, 6) is 1.12. The minimum atomic E-state index is 0.116. The van der Waals surface area contributed by atoms with Crippen molar-refractivity contribution in [1.82, 2.24) is 4.90 Å². The molecule has 18 heavy (non-hydrogen) atoms. The van der Waals surface area contributed by atoms with E-state index in [-0.39, 0.29) is 5.92 Å². The van der Waals surface area contributed by atoms with Crippen molar-refractivity contribution < 1.29 is 4.79 Å². The van der Waals surface area contributed by atoms with Crippen molar-refractivity contribution in [2.24, 2.45) is 11.8 Å². The van der Waals surface area contributed by atoms with Crippen molar-refractivity contribution in [3.63, 3.8) is 0 Å². The van der Waals surface area contributed by atoms with E-state index in [4.69, 9.17) is 0 Å². The highest BCUT2D eigenvalue weighted by atomic mass is 16.2. The number of hydrogen-bond donors (Lipinski definition) is 1. The lowest BCUT2D eigenvalue weighted by atomic mass is 9.93. The minimum absolute atomic E-state index is 0.116. The number of fused-ring (bicyclic) bond motifs is 1. The van der Waals surface area contributed by atoms with Gasteiger partial charge in [-0.3, -0.25) is 4.79 Å². The van der Waals surface area contributed by atoms with Crippen LogP contribution in [0.15, 0.2) is 24.3 Å². The highest BCUT2D eigenvalue weighted by molar-refractivity contribution is 5.81. The molecule has 0 saturated carbocycles. The van der Waals surface area contributed by atoms with E-state index >= 15 is 0 Å². The molecule has 1 amide bonds. The Balaban J connectivity index is 1.70. The van der Waals surface area contributed by atoms with E-state index in [1.165, 1.54) is 11.3 Å². The average Bonchev–Trinajstić information content (AvgIpc) is 2.84. The first-order chi connectivity index (χ1) is 8.74. The SMILES string of the molecule is CC1CCN(C(=O)C2CNc3ccccc3C2)C1. The maximum Gasteiger partial charge on any atom is 0.227 e. The van der Waals surface area contributed by atoms with E-state index in [2.05, 4.69) is 24.4 Å². The maximum absolute atomic E-state index is 12.4. The summed E-state index contributed by atoms with van der Waals surface area (Å²) < 4.78 is 0. The third-order valence-electron chi connectivity index (χ3n) is 4.11. The Morgan fingerprint density at radius 2 is 2.22 bits per heavy atom. The van der Waals surface area contributed by atoms with Crippen molar-refractivity contribution in [2.45, 2.75) is 19.8 Å². The third-order valence-corrected chi connectivity index (χ3v) is 4.11. The number of carbonyl (C=O) groups is 1. The lowest BCUT2D eigenvalue weighted by Gasteiger charge is -2.28. The average molecular weight is 244 g/mol. The number of nitrogens with zero attached hydrogens (tertiary/aromatic N) is 1. The van der Waals surface area contributed by atoms with Gasteiger partial charge in [-0.05, 0) is 30.4 Å². The van der Waals surface area contributed by atoms with E-state index in [0.717, 1.165) is 32.5 Å². The Kier molecular flexibility index (Phi) is 2.98. The summed E-state index contributed by atoms with van der Waals surface area (Å²) in [7, 11) is 0. The molecule has 1 aromatic rings. The van der Waals surface area contributed by atoms with Gasteiger partial charge in [0.2, 0.25) is 5.91 Å². The summed E-state index contributed by atoms with van der Waals surface area (Å²) in [6.07, 6.45) is 2.04. The van der Waals surface area contributed by atoms with Gasteiger partial charge in [0, 0.05) is 25.3 Å². The molecule has 1 fully saturated rings. The van der Waals surface area contributed by atoms with Crippen LogP contribution in [0.25, 0.3) is 0 Å². The standard InChI is InChI=1S/C15H20N2O/c1-11-6-7-17(10-11)15(18)13-8-12-4-2-3-5-14(12)16-9-13/h2-5,11,13,16H,6-10H2,1H3. The molecule has 96 valence electrons. The fourth-order valence-corrected chi connectivity index (χ4v) is 3.01. The van der Waals surface area contributed by atoms with Crippen LogP contribution in [0.4, 0.5) is 5.69 Å². The van der Waals surface area contributed by atoms with Crippen molar-refractivity contribution in [1.29, 1.82) is 0 Å². The first-order valence-corrected chi connectivity index (χ1v) is 6.84. The van der Waals surface area contributed by atoms with Crippen molar-refractivity contribution in [3.8, 4) is 0 Å². The number of rotatable bonds is 1. The van der Waals surface area contributed by atoms with E-state index in [1.807, 2.05) is 17.0 Å². The van der Waals surface area contributed by atoms with E-state index in [0.29, 0.717) is 11.8 Å². The lowest BCUT2D eigenvalue weighted by molar-refractivity contribution is -0.134. The summed E-state index contributed by atoms with van der Waals surface area (Å²) in [5.41, 5.74) is 2.46. The first kappa shape index (κ1) is 11.6. The van der Waals surface area contributed by atoms with Crippen LogP contribution in [-0.4, -0.2) is 30.4 Å². The van der Waals surface area contributed by atoms with Gasteiger partial charge in [0.05, 0.1) is 5.92 Å². The molecule has 0 aliphatic carbocycles. The molecule has 2 aliphatic heterocycles. The van der Waals surface area contributed by atoms with Gasteiger partial charge in [-0.2, -0.15) is 0 Å². The zero-order valence-electron chi connectivity index (χ0n) is 10.9. The summed E-state index contributed by atoms with van der Waals surface area (Å²) in [4.78, 5) is 14.5. The molecule has 3 nitrogen and oxygen atoms in total. The molecule has 0 aromatic heterocycles. The summed E-state index contributed by atoms with van der Waals surface area (Å²) in [6, 6.07) is 8.30. The molecule has 3 heteroatoms. The van der Waals surface area contributed by atoms with Gasteiger partial charge in [-0.1, -0.05) is 25.1 Å². The van der Waals surface area contributed by atoms with Gasteiger partial charge in [-0.25, -0.2) is 0 Å². The Bertz CT molecular complexity index is 458. The quantitative estimate of drug-likeness (QED) is 0.821. The van der Waals surface area contributed by atoms with Gasteiger partial charge < -0.3 is 10.2 Å². The fraction of sp³-hybridized carbons (Fsp3) is 0.533. The number of benzene rings is 1. The molecule has 1 N–H and O–H groups in total. The molecule has 3 rings (SSSR count). The Labute approximate surface area is 108 Å². The van der Waals surface area contributed by atoms with Crippen molar-refractivity contribution in [2.75, 3.05) is 25.0 Å². The summed E-state index contributed by atoms with van der Waals surface area (Å²) in [5, 5.41) is 3.38. The van der Waals surface area contributed by atoms with E-state index in [1.54, 1.807) is 0 Å². The van der Waals surface area contributed by atoms with Gasteiger partial charge >= 0.3 is 0 Å². The van der Waals surface area contributed by atoms with Crippen molar-refractivity contribution in [3.05, 3.63) is 29.8 Å². The predicted molar refractivity (Wildman–Crippen MR) is 72.5 cm³/mol. The second-order valence-electron chi connectivity index (χ2n) is 5.62. The van der Waals surface area contributed by atoms with Crippen LogP contribution in [-0.2, 0) is 11.2 Å². The summed E-state index contributed by atoms with van der Waals surface area (Å²) in [6.45, 7) is 4.89. The highest BCUT2D eigenvalue weighted by Crippen LogP contribution is 2.26. The van der Waals surface area contributed by atoms with Gasteiger partial charge in [-0.15, -0.1) is 0 Å². The van der Waals surface area contributed by atoms with Gasteiger partial charge in [0.15, 0.2) is 0 Å². The third kappa shape index (κ3) is 2.09. The Hall–Kier alpha value is -1.51. The molecule has 2 unspecified atom stereocenters. The summed E-state index contributed by atoms with van der Waals surface area (Å²) >= 11 is 0. The maximum atomic E-state index is 12.4. The number of likely N-dealkylation sites (tertiary alicyclic amines) is 1. The van der Waals surface area contributed by atoms with Crippen LogP contribution in [0.5, 0.6) is 0 Å². The van der Waals surface area contributed by atoms with Crippen LogP contribution in [0, 0.1) is 11.8 Å². The number of nitrogens with one attached hydrogen (secondary N) is 1. The van der Waals surface area contributed by atoms with Crippen molar-refractivity contribution >= 4 is 11.6 Å². The first-order valence-electron chi connectivity index (χ1n) is 6.84. The van der Waals surface area contributed by atoms with Crippen LogP contribution in [0.1, 0.15) is 18.9 Å². The molecule has 0 spiro atoms. The molecule has 0 radical (unpaired) electrons. The number of carbonyl (C=O) groups excluding carboxylic acids is 1. The van der Waals surface area contributed by atoms with Crippen LogP contribution >= 0.6 is 0 Å². The zero-order chi connectivity index (χ0) is 12.5. The Morgan fingerprint density at radius 3 is 3.00 bits per heavy atom. The normalized spacial score (nSPS) is 26.6. The van der Waals surface area contributed by atoms with Gasteiger partial charge in [0.1, 0.15) is 0 Å². The van der Waals surface area contributed by atoms with Crippen LogP contribution in [0.3, 0.4) is 0 Å². The predicted octanol–water partition coefficient (Wildman–Crippen LogP) is 2.14. The molecule has 1 aromatic carbocycles. The molecule has 2 aliphatic rings. The molecular weight excluding hydrogens is 224 g/mol. The molecular formula is C15H20N2O. The Morgan fingerprint density at radius 1 is 1.39 bits per heavy atom. The van der Waals surface area contributed by atoms with Crippen LogP contribution < -0.4 is 5.32 Å². The molecule has 2 atom stereocenters. The number of amides is 1. The van der Waals surface area contributed by atoms with E-state index < -0.39 is 0 Å². The fourth-order valence-electron chi connectivity index (χ4n) is 3.01. The lowest BCUT2D eigenvalue weighted by Crippen LogP contribution is -2.40. The molecule has 0 bridgehead atoms. The van der Waals surface area contributed by atoms with E-state index in [9.17, 15) is 4.79 Å². The minimum Gasteiger partial charge on any atom is -0.384 e. The molecule has 1 saturated heterocycles. The number of hydrogen-bond acceptors (Lipinski definition) is 2. The largest absolute Gasteiger partial charge is 0.384 e. The smallest absolute Gasteiger partial charge is 0.227 e. The molecule has 2 heterocycles. The van der Waals surface area contributed by atoms with Gasteiger partial charge in [0.25, 0.3) is 0 Å². The number of anilines is 1. The second-order valence-corrected chi connectivity index (χ2v) is 5.62. The topological polar surface area (TPSA) is 32.3 Å². The second kappa shape index (κ2) is 4.63. The zero-order valence-corrected chi connectivity index (χ0v) is 10.9. The monoisotopic (exact) mass is 244 g/mol. The highest BCUT2D eigenvalue weighted by Gasteiger charge is 2.31. The number of para-hydroxylation sites is 1.